The first-order valence-corrected chi connectivity index (χ1v) is 6.27. The van der Waals surface area contributed by atoms with Crippen molar-refractivity contribution in [2.75, 3.05) is 13.1 Å². The molecule has 0 spiro atoms. The summed E-state index contributed by atoms with van der Waals surface area (Å²) in [5.74, 6) is -1.28. The van der Waals surface area contributed by atoms with Crippen molar-refractivity contribution < 1.29 is 9.59 Å². The van der Waals surface area contributed by atoms with Gasteiger partial charge in [0.25, 0.3) is 0 Å². The highest BCUT2D eigenvalue weighted by Crippen LogP contribution is 1.99. The van der Waals surface area contributed by atoms with E-state index in [1.807, 2.05) is 45.0 Å². The molecular formula is C14H19N3O2. The summed E-state index contributed by atoms with van der Waals surface area (Å²) in [4.78, 5) is 24.6. The minimum absolute atomic E-state index is 0.504. The van der Waals surface area contributed by atoms with Crippen LogP contribution in [0.15, 0.2) is 29.4 Å². The lowest BCUT2D eigenvalue weighted by molar-refractivity contribution is -0.145. The minimum atomic E-state index is -0.716. The smallest absolute Gasteiger partial charge is 0.329 e. The molecule has 2 amide bonds. The first kappa shape index (κ1) is 14.9. The van der Waals surface area contributed by atoms with Crippen LogP contribution < -0.4 is 5.43 Å². The molecule has 0 unspecified atom stereocenters. The van der Waals surface area contributed by atoms with E-state index in [1.54, 1.807) is 0 Å². The Balaban J connectivity index is 2.54. The van der Waals surface area contributed by atoms with Crippen LogP contribution in [0.2, 0.25) is 0 Å². The molecule has 0 saturated heterocycles. The first-order chi connectivity index (χ1) is 9.08. The molecule has 0 aliphatic rings. The van der Waals surface area contributed by atoms with E-state index in [0.29, 0.717) is 13.1 Å². The van der Waals surface area contributed by atoms with Crippen molar-refractivity contribution in [3.8, 4) is 0 Å². The van der Waals surface area contributed by atoms with Gasteiger partial charge in [0.05, 0.1) is 6.21 Å². The number of aryl methyl sites for hydroxylation is 1. The number of hydrazone groups is 1. The molecule has 0 fully saturated rings. The van der Waals surface area contributed by atoms with Crippen LogP contribution in [0, 0.1) is 6.92 Å². The number of hydrogen-bond donors (Lipinski definition) is 1. The number of carbonyl (C=O) groups is 2. The average molecular weight is 261 g/mol. The Morgan fingerprint density at radius 3 is 2.32 bits per heavy atom. The Morgan fingerprint density at radius 1 is 1.21 bits per heavy atom. The van der Waals surface area contributed by atoms with Gasteiger partial charge in [0.15, 0.2) is 0 Å². The standard InChI is InChI=1S/C14H19N3O2/c1-4-17(5-2)14(19)13(18)16-15-10-12-8-6-11(3)7-9-12/h6-10H,4-5H2,1-3H3,(H,16,18)/b15-10-. The van der Waals surface area contributed by atoms with E-state index in [0.717, 1.165) is 11.1 Å². The molecule has 19 heavy (non-hydrogen) atoms. The number of hydrogen-bond acceptors (Lipinski definition) is 3. The summed E-state index contributed by atoms with van der Waals surface area (Å²) in [5.41, 5.74) is 4.25. The lowest BCUT2D eigenvalue weighted by Crippen LogP contribution is -2.41. The fourth-order valence-corrected chi connectivity index (χ4v) is 1.52. The second-order valence-corrected chi connectivity index (χ2v) is 4.09. The third-order valence-electron chi connectivity index (χ3n) is 2.70. The SMILES string of the molecule is CCN(CC)C(=O)C(=O)N/N=C\c1ccc(C)cc1. The van der Waals surface area contributed by atoms with Crippen LogP contribution in [-0.4, -0.2) is 36.0 Å². The minimum Gasteiger partial charge on any atom is -0.335 e. The summed E-state index contributed by atoms with van der Waals surface area (Å²) in [5, 5.41) is 3.77. The van der Waals surface area contributed by atoms with Crippen molar-refractivity contribution in [3.63, 3.8) is 0 Å². The van der Waals surface area contributed by atoms with Gasteiger partial charge in [0, 0.05) is 13.1 Å². The zero-order chi connectivity index (χ0) is 14.3. The van der Waals surface area contributed by atoms with Gasteiger partial charge >= 0.3 is 11.8 Å². The van der Waals surface area contributed by atoms with Crippen LogP contribution in [0.5, 0.6) is 0 Å². The molecule has 0 radical (unpaired) electrons. The van der Waals surface area contributed by atoms with Crippen molar-refractivity contribution in [1.82, 2.24) is 10.3 Å². The molecule has 1 aromatic carbocycles. The van der Waals surface area contributed by atoms with Gasteiger partial charge in [-0.1, -0.05) is 29.8 Å². The largest absolute Gasteiger partial charge is 0.335 e. The number of amides is 2. The highest BCUT2D eigenvalue weighted by atomic mass is 16.2. The molecule has 0 aliphatic carbocycles. The first-order valence-electron chi connectivity index (χ1n) is 6.27. The van der Waals surface area contributed by atoms with Gasteiger partial charge in [-0.25, -0.2) is 5.43 Å². The van der Waals surface area contributed by atoms with E-state index in [2.05, 4.69) is 10.5 Å². The normalized spacial score (nSPS) is 10.5. The summed E-state index contributed by atoms with van der Waals surface area (Å²) in [7, 11) is 0. The fourth-order valence-electron chi connectivity index (χ4n) is 1.52. The van der Waals surface area contributed by atoms with Crippen molar-refractivity contribution in [2.24, 2.45) is 5.10 Å². The van der Waals surface area contributed by atoms with Crippen molar-refractivity contribution in [3.05, 3.63) is 35.4 Å². The molecule has 1 aromatic rings. The number of benzene rings is 1. The Bertz CT molecular complexity index is 462. The number of rotatable bonds is 4. The maximum Gasteiger partial charge on any atom is 0.329 e. The van der Waals surface area contributed by atoms with Crippen LogP contribution in [0.3, 0.4) is 0 Å². The summed E-state index contributed by atoms with van der Waals surface area (Å²) in [6.07, 6.45) is 1.51. The topological polar surface area (TPSA) is 61.8 Å². The van der Waals surface area contributed by atoms with E-state index in [-0.39, 0.29) is 0 Å². The predicted octanol–water partition coefficient (Wildman–Crippen LogP) is 1.31. The summed E-state index contributed by atoms with van der Waals surface area (Å²) >= 11 is 0. The van der Waals surface area contributed by atoms with E-state index >= 15 is 0 Å². The molecule has 1 rings (SSSR count). The molecule has 102 valence electrons. The second kappa shape index (κ2) is 7.31. The Labute approximate surface area is 113 Å². The van der Waals surface area contributed by atoms with E-state index in [9.17, 15) is 9.59 Å². The fraction of sp³-hybridized carbons (Fsp3) is 0.357. The van der Waals surface area contributed by atoms with Crippen LogP contribution >= 0.6 is 0 Å². The van der Waals surface area contributed by atoms with Gasteiger partial charge < -0.3 is 4.90 Å². The van der Waals surface area contributed by atoms with Gasteiger partial charge in [-0.05, 0) is 26.3 Å². The summed E-state index contributed by atoms with van der Waals surface area (Å²) in [6, 6.07) is 7.67. The molecule has 5 nitrogen and oxygen atoms in total. The van der Waals surface area contributed by atoms with Gasteiger partial charge in [-0.2, -0.15) is 5.10 Å². The molecule has 0 aromatic heterocycles. The number of carbonyl (C=O) groups excluding carboxylic acids is 2. The highest BCUT2D eigenvalue weighted by molar-refractivity contribution is 6.34. The Hall–Kier alpha value is -2.17. The van der Waals surface area contributed by atoms with Gasteiger partial charge in [0.1, 0.15) is 0 Å². The van der Waals surface area contributed by atoms with E-state index < -0.39 is 11.8 Å². The van der Waals surface area contributed by atoms with E-state index in [1.165, 1.54) is 11.1 Å². The molecular weight excluding hydrogens is 242 g/mol. The zero-order valence-corrected chi connectivity index (χ0v) is 11.5. The predicted molar refractivity (Wildman–Crippen MR) is 74.8 cm³/mol. The molecule has 0 bridgehead atoms. The van der Waals surface area contributed by atoms with Crippen LogP contribution in [0.1, 0.15) is 25.0 Å². The van der Waals surface area contributed by atoms with Gasteiger partial charge in [-0.3, -0.25) is 9.59 Å². The van der Waals surface area contributed by atoms with Gasteiger partial charge in [0.2, 0.25) is 0 Å². The molecule has 0 saturated carbocycles. The molecule has 0 heterocycles. The average Bonchev–Trinajstić information content (AvgIpc) is 2.42. The van der Waals surface area contributed by atoms with Crippen molar-refractivity contribution in [2.45, 2.75) is 20.8 Å². The van der Waals surface area contributed by atoms with Gasteiger partial charge in [-0.15, -0.1) is 0 Å². The summed E-state index contributed by atoms with van der Waals surface area (Å²) < 4.78 is 0. The van der Waals surface area contributed by atoms with Crippen LogP contribution in [0.25, 0.3) is 0 Å². The Kier molecular flexibility index (Phi) is 5.73. The molecule has 5 heteroatoms. The van der Waals surface area contributed by atoms with Crippen molar-refractivity contribution >= 4 is 18.0 Å². The van der Waals surface area contributed by atoms with Crippen LogP contribution in [0.4, 0.5) is 0 Å². The zero-order valence-electron chi connectivity index (χ0n) is 11.5. The number of likely N-dealkylation sites (N-methyl/N-ethyl adjacent to an activating group) is 1. The second-order valence-electron chi connectivity index (χ2n) is 4.09. The monoisotopic (exact) mass is 261 g/mol. The maximum atomic E-state index is 11.6. The van der Waals surface area contributed by atoms with E-state index in [4.69, 9.17) is 0 Å². The van der Waals surface area contributed by atoms with Crippen LogP contribution in [-0.2, 0) is 9.59 Å². The summed E-state index contributed by atoms with van der Waals surface area (Å²) in [6.45, 7) is 6.65. The third-order valence-corrected chi connectivity index (χ3v) is 2.70. The number of nitrogens with zero attached hydrogens (tertiary/aromatic N) is 2. The maximum absolute atomic E-state index is 11.6. The molecule has 1 N–H and O–H groups in total. The van der Waals surface area contributed by atoms with Crippen molar-refractivity contribution in [1.29, 1.82) is 0 Å². The molecule has 0 atom stereocenters. The molecule has 0 aliphatic heterocycles. The Morgan fingerprint density at radius 2 is 1.79 bits per heavy atom. The third kappa shape index (κ3) is 4.54. The number of nitrogens with one attached hydrogen (secondary N) is 1. The lowest BCUT2D eigenvalue weighted by atomic mass is 10.2. The quantitative estimate of drug-likeness (QED) is 0.504. The highest BCUT2D eigenvalue weighted by Gasteiger charge is 2.18. The lowest BCUT2D eigenvalue weighted by Gasteiger charge is -2.16.